The standard InChI is InChI=1S/C19H28N4O/c1-20-19(21-10-11-22(2)14-6-4-3-5-7-14)23-12-15-16(13-23)18-9-8-17(15)24-18/h3-7,15-18H,8-13H2,1-2H3,(H,20,21). The third-order valence-corrected chi connectivity index (χ3v) is 5.89. The first-order valence-corrected chi connectivity index (χ1v) is 9.13. The number of benzene rings is 1. The highest BCUT2D eigenvalue weighted by molar-refractivity contribution is 5.80. The summed E-state index contributed by atoms with van der Waals surface area (Å²) >= 11 is 0. The third-order valence-electron chi connectivity index (χ3n) is 5.89. The molecule has 0 aromatic heterocycles. The number of hydrogen-bond donors (Lipinski definition) is 1. The number of nitrogens with zero attached hydrogens (tertiary/aromatic N) is 3. The van der Waals surface area contributed by atoms with Gasteiger partial charge in [0, 0.05) is 57.8 Å². The van der Waals surface area contributed by atoms with Gasteiger partial charge in [0.15, 0.2) is 5.96 Å². The quantitative estimate of drug-likeness (QED) is 0.676. The molecule has 2 bridgehead atoms. The fourth-order valence-corrected chi connectivity index (χ4v) is 4.61. The van der Waals surface area contributed by atoms with E-state index >= 15 is 0 Å². The molecule has 3 aliphatic heterocycles. The number of likely N-dealkylation sites (tertiary alicyclic amines) is 1. The Morgan fingerprint density at radius 1 is 1.21 bits per heavy atom. The molecule has 4 unspecified atom stereocenters. The molecule has 3 heterocycles. The monoisotopic (exact) mass is 328 g/mol. The van der Waals surface area contributed by atoms with Gasteiger partial charge >= 0.3 is 0 Å². The molecule has 1 N–H and O–H groups in total. The molecule has 3 saturated heterocycles. The maximum absolute atomic E-state index is 6.07. The molecule has 0 aliphatic carbocycles. The second kappa shape index (κ2) is 6.63. The Kier molecular flexibility index (Phi) is 4.35. The average Bonchev–Trinajstić information content (AvgIpc) is 3.32. The Hall–Kier alpha value is -1.75. The summed E-state index contributed by atoms with van der Waals surface area (Å²) in [5.41, 5.74) is 1.25. The van der Waals surface area contributed by atoms with Crippen LogP contribution >= 0.6 is 0 Å². The van der Waals surface area contributed by atoms with Gasteiger partial charge in [-0.1, -0.05) is 18.2 Å². The fraction of sp³-hybridized carbons (Fsp3) is 0.632. The third kappa shape index (κ3) is 2.86. The highest BCUT2D eigenvalue weighted by Crippen LogP contribution is 2.47. The molecule has 3 aliphatic rings. The van der Waals surface area contributed by atoms with Crippen LogP contribution in [0.25, 0.3) is 0 Å². The zero-order chi connectivity index (χ0) is 16.5. The minimum atomic E-state index is 0.507. The predicted molar refractivity (Wildman–Crippen MR) is 97.5 cm³/mol. The summed E-state index contributed by atoms with van der Waals surface area (Å²) < 4.78 is 6.07. The molecule has 0 amide bonds. The van der Waals surface area contributed by atoms with Crippen LogP contribution in [0.4, 0.5) is 5.69 Å². The summed E-state index contributed by atoms with van der Waals surface area (Å²) in [6.07, 6.45) is 3.53. The highest BCUT2D eigenvalue weighted by Gasteiger charge is 2.53. The van der Waals surface area contributed by atoms with Crippen LogP contribution in [0.15, 0.2) is 35.3 Å². The molecule has 130 valence electrons. The SMILES string of the molecule is CN=C(NCCN(C)c1ccccc1)N1CC2C3CCC(O3)C2C1. The largest absolute Gasteiger partial charge is 0.374 e. The summed E-state index contributed by atoms with van der Waals surface area (Å²) in [6.45, 7) is 4.05. The molecule has 5 nitrogen and oxygen atoms in total. The van der Waals surface area contributed by atoms with E-state index in [0.29, 0.717) is 24.0 Å². The predicted octanol–water partition coefficient (Wildman–Crippen LogP) is 1.81. The first-order valence-electron chi connectivity index (χ1n) is 9.13. The number of likely N-dealkylation sites (N-methyl/N-ethyl adjacent to an activating group) is 1. The fourth-order valence-electron chi connectivity index (χ4n) is 4.61. The Morgan fingerprint density at radius 2 is 1.88 bits per heavy atom. The number of para-hydroxylation sites is 1. The first kappa shape index (κ1) is 15.8. The van der Waals surface area contributed by atoms with Crippen LogP contribution in [0.1, 0.15) is 12.8 Å². The van der Waals surface area contributed by atoms with Gasteiger partial charge in [-0.25, -0.2) is 0 Å². The van der Waals surface area contributed by atoms with Gasteiger partial charge in [0.25, 0.3) is 0 Å². The van der Waals surface area contributed by atoms with Gasteiger partial charge < -0.3 is 19.9 Å². The van der Waals surface area contributed by atoms with Crippen molar-refractivity contribution in [2.24, 2.45) is 16.8 Å². The lowest BCUT2D eigenvalue weighted by Crippen LogP contribution is -2.43. The number of nitrogens with one attached hydrogen (secondary N) is 1. The smallest absolute Gasteiger partial charge is 0.193 e. The van der Waals surface area contributed by atoms with Crippen LogP contribution in [0, 0.1) is 11.8 Å². The summed E-state index contributed by atoms with van der Waals surface area (Å²) in [7, 11) is 4.03. The van der Waals surface area contributed by atoms with Crippen molar-refractivity contribution in [1.82, 2.24) is 10.2 Å². The molecule has 3 fully saturated rings. The molecule has 1 aromatic rings. The Labute approximate surface area is 144 Å². The number of anilines is 1. The van der Waals surface area contributed by atoms with Gasteiger partial charge in [-0.2, -0.15) is 0 Å². The van der Waals surface area contributed by atoms with E-state index in [1.54, 1.807) is 0 Å². The van der Waals surface area contributed by atoms with E-state index in [1.807, 2.05) is 7.05 Å². The van der Waals surface area contributed by atoms with Crippen molar-refractivity contribution in [2.75, 3.05) is 45.2 Å². The van der Waals surface area contributed by atoms with E-state index < -0.39 is 0 Å². The Bertz CT molecular complexity index is 572. The van der Waals surface area contributed by atoms with E-state index in [4.69, 9.17) is 4.74 Å². The van der Waals surface area contributed by atoms with Crippen LogP contribution in [0.5, 0.6) is 0 Å². The Balaban J connectivity index is 1.28. The van der Waals surface area contributed by atoms with Crippen molar-refractivity contribution in [2.45, 2.75) is 25.0 Å². The second-order valence-corrected chi connectivity index (χ2v) is 7.25. The molecule has 4 atom stereocenters. The number of fused-ring (bicyclic) bond motifs is 5. The molecule has 1 aromatic carbocycles. The van der Waals surface area contributed by atoms with Crippen molar-refractivity contribution in [1.29, 1.82) is 0 Å². The minimum Gasteiger partial charge on any atom is -0.374 e. The summed E-state index contributed by atoms with van der Waals surface area (Å²) in [5.74, 6) is 2.48. The lowest BCUT2D eigenvalue weighted by molar-refractivity contribution is 0.0767. The van der Waals surface area contributed by atoms with E-state index in [9.17, 15) is 0 Å². The number of ether oxygens (including phenoxy) is 1. The summed E-state index contributed by atoms with van der Waals surface area (Å²) in [6, 6.07) is 10.5. The average molecular weight is 328 g/mol. The maximum Gasteiger partial charge on any atom is 0.193 e. The van der Waals surface area contributed by atoms with E-state index in [1.165, 1.54) is 18.5 Å². The number of aliphatic imine (C=N–C) groups is 1. The normalized spacial score (nSPS) is 31.4. The van der Waals surface area contributed by atoms with Gasteiger partial charge in [-0.15, -0.1) is 0 Å². The Morgan fingerprint density at radius 3 is 2.50 bits per heavy atom. The summed E-state index contributed by atoms with van der Waals surface area (Å²) in [5, 5.41) is 3.54. The van der Waals surface area contributed by atoms with Crippen LogP contribution < -0.4 is 10.2 Å². The molecular formula is C19H28N4O. The lowest BCUT2D eigenvalue weighted by atomic mass is 9.82. The number of hydrogen-bond acceptors (Lipinski definition) is 3. The molecular weight excluding hydrogens is 300 g/mol. The topological polar surface area (TPSA) is 40.1 Å². The van der Waals surface area contributed by atoms with Gasteiger partial charge in [0.05, 0.1) is 12.2 Å². The first-order chi connectivity index (χ1) is 11.8. The highest BCUT2D eigenvalue weighted by atomic mass is 16.5. The van der Waals surface area contributed by atoms with Gasteiger partial charge in [0.2, 0.25) is 0 Å². The zero-order valence-corrected chi connectivity index (χ0v) is 14.7. The van der Waals surface area contributed by atoms with E-state index in [2.05, 4.69) is 57.5 Å². The molecule has 24 heavy (non-hydrogen) atoms. The number of guanidine groups is 1. The summed E-state index contributed by atoms with van der Waals surface area (Å²) in [4.78, 5) is 9.22. The molecule has 5 heteroatoms. The van der Waals surface area contributed by atoms with E-state index in [0.717, 1.165) is 32.1 Å². The van der Waals surface area contributed by atoms with Crippen LogP contribution in [-0.2, 0) is 4.74 Å². The van der Waals surface area contributed by atoms with Crippen molar-refractivity contribution in [3.8, 4) is 0 Å². The molecule has 0 spiro atoms. The van der Waals surface area contributed by atoms with Crippen molar-refractivity contribution in [3.05, 3.63) is 30.3 Å². The molecule has 4 rings (SSSR count). The van der Waals surface area contributed by atoms with Crippen LogP contribution in [0.3, 0.4) is 0 Å². The minimum absolute atomic E-state index is 0.507. The van der Waals surface area contributed by atoms with Gasteiger partial charge in [0.1, 0.15) is 0 Å². The van der Waals surface area contributed by atoms with Gasteiger partial charge in [-0.05, 0) is 25.0 Å². The zero-order valence-electron chi connectivity index (χ0n) is 14.7. The van der Waals surface area contributed by atoms with Crippen molar-refractivity contribution in [3.63, 3.8) is 0 Å². The number of rotatable bonds is 4. The second-order valence-electron chi connectivity index (χ2n) is 7.25. The lowest BCUT2D eigenvalue weighted by Gasteiger charge is -2.25. The van der Waals surface area contributed by atoms with Gasteiger partial charge in [-0.3, -0.25) is 4.99 Å². The maximum atomic E-state index is 6.07. The molecule has 0 radical (unpaired) electrons. The van der Waals surface area contributed by atoms with Crippen LogP contribution in [0.2, 0.25) is 0 Å². The van der Waals surface area contributed by atoms with Crippen molar-refractivity contribution < 1.29 is 4.74 Å². The van der Waals surface area contributed by atoms with Crippen molar-refractivity contribution >= 4 is 11.6 Å². The molecule has 0 saturated carbocycles. The van der Waals surface area contributed by atoms with E-state index in [-0.39, 0.29) is 0 Å². The van der Waals surface area contributed by atoms with Crippen LogP contribution in [-0.4, -0.2) is 63.3 Å².